The lowest BCUT2D eigenvalue weighted by Crippen LogP contribution is -2.50. The van der Waals surface area contributed by atoms with Gasteiger partial charge in [-0.25, -0.2) is 13.1 Å². The van der Waals surface area contributed by atoms with E-state index in [-0.39, 0.29) is 10.7 Å². The van der Waals surface area contributed by atoms with Crippen molar-refractivity contribution in [1.82, 2.24) is 4.72 Å². The Morgan fingerprint density at radius 1 is 1.50 bits per heavy atom. The van der Waals surface area contributed by atoms with Gasteiger partial charge in [0.2, 0.25) is 10.0 Å². The molecule has 0 heterocycles. The van der Waals surface area contributed by atoms with Crippen LogP contribution in [0.1, 0.15) is 20.3 Å². The highest BCUT2D eigenvalue weighted by molar-refractivity contribution is 9.10. The minimum absolute atomic E-state index is 0.00238. The van der Waals surface area contributed by atoms with Gasteiger partial charge in [0.05, 0.1) is 0 Å². The van der Waals surface area contributed by atoms with Crippen LogP contribution in [0, 0.1) is 11.8 Å². The summed E-state index contributed by atoms with van der Waals surface area (Å²) >= 11 is 2.94. The van der Waals surface area contributed by atoms with Crippen molar-refractivity contribution in [3.8, 4) is 0 Å². The molecular weight excluding hydrogens is 242 g/mol. The third-order valence-corrected chi connectivity index (χ3v) is 5.39. The van der Waals surface area contributed by atoms with Gasteiger partial charge < -0.3 is 0 Å². The molecular formula is C7H14BrNO2S. The van der Waals surface area contributed by atoms with Gasteiger partial charge >= 0.3 is 0 Å². The minimum atomic E-state index is -3.07. The molecule has 0 aliphatic heterocycles. The van der Waals surface area contributed by atoms with Gasteiger partial charge in [0, 0.05) is 6.04 Å². The fraction of sp³-hybridized carbons (Fsp3) is 1.00. The monoisotopic (exact) mass is 255 g/mol. The fourth-order valence-corrected chi connectivity index (χ4v) is 2.68. The molecule has 1 aliphatic carbocycles. The van der Waals surface area contributed by atoms with Crippen LogP contribution in [0.2, 0.25) is 0 Å². The quantitative estimate of drug-likeness (QED) is 0.774. The summed E-state index contributed by atoms with van der Waals surface area (Å²) in [7, 11) is -3.07. The predicted octanol–water partition coefficient (Wildman–Crippen LogP) is 1.30. The van der Waals surface area contributed by atoms with Crippen LogP contribution in [-0.4, -0.2) is 19.1 Å². The zero-order chi connectivity index (χ0) is 9.35. The molecule has 72 valence electrons. The van der Waals surface area contributed by atoms with E-state index in [2.05, 4.69) is 34.5 Å². The third kappa shape index (κ3) is 2.20. The Balaban J connectivity index is 2.45. The van der Waals surface area contributed by atoms with E-state index in [1.54, 1.807) is 0 Å². The maximum Gasteiger partial charge on any atom is 0.221 e. The van der Waals surface area contributed by atoms with Crippen LogP contribution >= 0.6 is 15.9 Å². The maximum atomic E-state index is 11.1. The molecule has 0 amide bonds. The molecule has 12 heavy (non-hydrogen) atoms. The SMILES string of the molecule is CC1CC(NS(=O)(=O)CBr)C1C. The topological polar surface area (TPSA) is 46.2 Å². The first-order valence-electron chi connectivity index (χ1n) is 4.02. The number of hydrogen-bond donors (Lipinski definition) is 1. The number of rotatable bonds is 3. The first-order valence-corrected chi connectivity index (χ1v) is 6.79. The van der Waals surface area contributed by atoms with Gasteiger partial charge in [0.1, 0.15) is 4.66 Å². The van der Waals surface area contributed by atoms with Gasteiger partial charge in [-0.1, -0.05) is 29.8 Å². The van der Waals surface area contributed by atoms with Crippen LogP contribution in [0.25, 0.3) is 0 Å². The van der Waals surface area contributed by atoms with Crippen LogP contribution in [0.3, 0.4) is 0 Å². The summed E-state index contributed by atoms with van der Waals surface area (Å²) in [6.45, 7) is 4.22. The molecule has 0 aromatic carbocycles. The summed E-state index contributed by atoms with van der Waals surface area (Å²) in [5.41, 5.74) is 0. The van der Waals surface area contributed by atoms with Crippen molar-refractivity contribution in [2.45, 2.75) is 26.3 Å². The van der Waals surface area contributed by atoms with Crippen LogP contribution in [0.4, 0.5) is 0 Å². The number of hydrogen-bond acceptors (Lipinski definition) is 2. The van der Waals surface area contributed by atoms with E-state index in [1.165, 1.54) is 0 Å². The first kappa shape index (κ1) is 10.5. The van der Waals surface area contributed by atoms with Crippen LogP contribution < -0.4 is 4.72 Å². The molecule has 3 unspecified atom stereocenters. The summed E-state index contributed by atoms with van der Waals surface area (Å²) < 4.78 is 24.8. The molecule has 0 spiro atoms. The Hall–Kier alpha value is 0.390. The van der Waals surface area contributed by atoms with Crippen molar-refractivity contribution in [3.63, 3.8) is 0 Å². The summed E-state index contributed by atoms with van der Waals surface area (Å²) in [5, 5.41) is 0. The Labute approximate surface area is 82.1 Å². The molecule has 0 aromatic heterocycles. The predicted molar refractivity (Wildman–Crippen MR) is 52.6 cm³/mol. The fourth-order valence-electron chi connectivity index (χ4n) is 1.45. The normalized spacial score (nSPS) is 36.1. The largest absolute Gasteiger partial charge is 0.221 e. The second kappa shape index (κ2) is 3.64. The average Bonchev–Trinajstić information content (AvgIpc) is 2.03. The molecule has 1 N–H and O–H groups in total. The van der Waals surface area contributed by atoms with Crippen molar-refractivity contribution >= 4 is 26.0 Å². The second-order valence-electron chi connectivity index (χ2n) is 3.52. The number of halogens is 1. The molecule has 1 fully saturated rings. The molecule has 3 nitrogen and oxygen atoms in total. The summed E-state index contributed by atoms with van der Waals surface area (Å²) in [6.07, 6.45) is 0.966. The summed E-state index contributed by atoms with van der Waals surface area (Å²) in [5.74, 6) is 1.12. The van der Waals surface area contributed by atoms with Gasteiger partial charge in [-0.05, 0) is 18.3 Å². The lowest BCUT2D eigenvalue weighted by Gasteiger charge is -2.40. The molecule has 1 saturated carbocycles. The highest BCUT2D eigenvalue weighted by Crippen LogP contribution is 2.33. The van der Waals surface area contributed by atoms with Crippen molar-refractivity contribution in [2.75, 3.05) is 4.66 Å². The average molecular weight is 256 g/mol. The number of nitrogens with one attached hydrogen (secondary N) is 1. The van der Waals surface area contributed by atoms with Gasteiger partial charge in [0.15, 0.2) is 0 Å². The molecule has 0 radical (unpaired) electrons. The molecule has 3 atom stereocenters. The summed E-state index contributed by atoms with van der Waals surface area (Å²) in [6, 6.07) is 0.155. The Kier molecular flexibility index (Phi) is 3.17. The highest BCUT2D eigenvalue weighted by atomic mass is 79.9. The first-order chi connectivity index (χ1) is 5.46. The van der Waals surface area contributed by atoms with Crippen LogP contribution in [0.5, 0.6) is 0 Å². The number of sulfonamides is 1. The second-order valence-corrected chi connectivity index (χ2v) is 6.58. The van der Waals surface area contributed by atoms with E-state index in [4.69, 9.17) is 0 Å². The van der Waals surface area contributed by atoms with E-state index in [1.807, 2.05) is 0 Å². The van der Waals surface area contributed by atoms with Crippen molar-refractivity contribution in [3.05, 3.63) is 0 Å². The molecule has 0 aromatic rings. The Bertz CT molecular complexity index is 252. The van der Waals surface area contributed by atoms with Gasteiger partial charge in [-0.2, -0.15) is 0 Å². The smallest absolute Gasteiger partial charge is 0.212 e. The molecule has 0 saturated heterocycles. The van der Waals surface area contributed by atoms with Crippen molar-refractivity contribution in [2.24, 2.45) is 11.8 Å². The lowest BCUT2D eigenvalue weighted by atomic mass is 9.72. The van der Waals surface area contributed by atoms with Gasteiger partial charge in [0.25, 0.3) is 0 Å². The van der Waals surface area contributed by atoms with E-state index in [9.17, 15) is 8.42 Å². The van der Waals surface area contributed by atoms with E-state index < -0.39 is 10.0 Å². The van der Waals surface area contributed by atoms with Gasteiger partial charge in [-0.15, -0.1) is 0 Å². The third-order valence-electron chi connectivity index (χ3n) is 2.63. The minimum Gasteiger partial charge on any atom is -0.212 e. The Morgan fingerprint density at radius 3 is 2.42 bits per heavy atom. The standard InChI is InChI=1S/C7H14BrNO2S/c1-5-3-7(6(5)2)9-12(10,11)4-8/h5-7,9H,3-4H2,1-2H3. The molecule has 1 rings (SSSR count). The van der Waals surface area contributed by atoms with E-state index in [0.29, 0.717) is 11.8 Å². The van der Waals surface area contributed by atoms with Crippen LogP contribution in [0.15, 0.2) is 0 Å². The molecule has 5 heteroatoms. The zero-order valence-corrected chi connectivity index (χ0v) is 9.65. The van der Waals surface area contributed by atoms with E-state index >= 15 is 0 Å². The maximum absolute atomic E-state index is 11.1. The highest BCUT2D eigenvalue weighted by Gasteiger charge is 2.36. The molecule has 0 bridgehead atoms. The Morgan fingerprint density at radius 2 is 2.08 bits per heavy atom. The van der Waals surface area contributed by atoms with Crippen molar-refractivity contribution < 1.29 is 8.42 Å². The number of alkyl halides is 1. The molecule has 1 aliphatic rings. The van der Waals surface area contributed by atoms with Gasteiger partial charge in [-0.3, -0.25) is 0 Å². The lowest BCUT2D eigenvalue weighted by molar-refractivity contribution is 0.158. The zero-order valence-electron chi connectivity index (χ0n) is 7.25. The van der Waals surface area contributed by atoms with Crippen LogP contribution in [-0.2, 0) is 10.0 Å². The van der Waals surface area contributed by atoms with Crippen molar-refractivity contribution in [1.29, 1.82) is 0 Å². The van der Waals surface area contributed by atoms with E-state index in [0.717, 1.165) is 6.42 Å². The summed E-state index contributed by atoms with van der Waals surface area (Å²) in [4.78, 5) is 0.